The van der Waals surface area contributed by atoms with E-state index in [0.29, 0.717) is 13.1 Å². The Morgan fingerprint density at radius 1 is 0.971 bits per heavy atom. The van der Waals surface area contributed by atoms with Crippen LogP contribution in [0.5, 0.6) is 0 Å². The van der Waals surface area contributed by atoms with E-state index in [4.69, 9.17) is 16.6 Å². The quantitative estimate of drug-likeness (QED) is 0.445. The van der Waals surface area contributed by atoms with E-state index < -0.39 is 0 Å². The maximum absolute atomic E-state index is 9.76. The normalized spacial score (nSPS) is 17.3. The van der Waals surface area contributed by atoms with Gasteiger partial charge in [0.05, 0.1) is 11.7 Å². The van der Waals surface area contributed by atoms with Crippen LogP contribution in [0.3, 0.4) is 0 Å². The number of aromatic nitrogens is 1. The monoisotopic (exact) mass is 493 g/mol. The highest BCUT2D eigenvalue weighted by Crippen LogP contribution is 2.37. The van der Waals surface area contributed by atoms with E-state index in [1.807, 2.05) is 56.4 Å². The average molecular weight is 494 g/mol. The van der Waals surface area contributed by atoms with Gasteiger partial charge in [-0.2, -0.15) is 0 Å². The number of carbonyl (C=O) groups is 1. The van der Waals surface area contributed by atoms with Gasteiger partial charge in [0.2, 0.25) is 0 Å². The van der Waals surface area contributed by atoms with Gasteiger partial charge in [0.1, 0.15) is 6.61 Å². The van der Waals surface area contributed by atoms with Crippen molar-refractivity contribution in [3.8, 4) is 0 Å². The molecule has 1 atom stereocenters. The molecule has 3 aromatic rings. The molecule has 5 rings (SSSR count). The van der Waals surface area contributed by atoms with Gasteiger partial charge in [-0.3, -0.25) is 14.7 Å². The fraction of sp³-hybridized carbons (Fsp3) is 0.379. The first kappa shape index (κ1) is 26.9. The van der Waals surface area contributed by atoms with Crippen molar-refractivity contribution in [1.29, 1.82) is 0 Å². The van der Waals surface area contributed by atoms with Gasteiger partial charge in [0, 0.05) is 37.4 Å². The van der Waals surface area contributed by atoms with Gasteiger partial charge in [-0.15, -0.1) is 0 Å². The largest absolute Gasteiger partial charge is 0.463 e. The molecular formula is C29H36ClN3O2. The van der Waals surface area contributed by atoms with E-state index in [-0.39, 0.29) is 6.04 Å². The highest BCUT2D eigenvalue weighted by molar-refractivity contribution is 6.30. The van der Waals surface area contributed by atoms with Crippen molar-refractivity contribution in [1.82, 2.24) is 14.8 Å². The predicted octanol–water partition coefficient (Wildman–Crippen LogP) is 5.56. The molecular weight excluding hydrogens is 458 g/mol. The van der Waals surface area contributed by atoms with Crippen LogP contribution in [0, 0.1) is 0 Å². The highest BCUT2D eigenvalue weighted by Gasteiger charge is 2.31. The minimum absolute atomic E-state index is 0.259. The number of ether oxygens (including phenoxy) is 1. The molecule has 0 radical (unpaired) electrons. The first-order chi connectivity index (χ1) is 17.2. The smallest absolute Gasteiger partial charge is 0.293 e. The molecule has 1 aliphatic heterocycles. The molecule has 0 amide bonds. The maximum Gasteiger partial charge on any atom is 0.293 e. The van der Waals surface area contributed by atoms with Gasteiger partial charge < -0.3 is 9.64 Å². The number of aryl methyl sites for hydroxylation is 2. The second kappa shape index (κ2) is 14.0. The molecule has 0 saturated carbocycles. The second-order valence-corrected chi connectivity index (χ2v) is 8.96. The molecule has 2 heterocycles. The van der Waals surface area contributed by atoms with Gasteiger partial charge in [0.15, 0.2) is 0 Å². The van der Waals surface area contributed by atoms with Crippen LogP contribution >= 0.6 is 11.6 Å². The summed E-state index contributed by atoms with van der Waals surface area (Å²) in [5.74, 6) is 0. The van der Waals surface area contributed by atoms with Crippen LogP contribution in [-0.4, -0.2) is 54.5 Å². The molecule has 1 aromatic heterocycles. The van der Waals surface area contributed by atoms with E-state index in [1.165, 1.54) is 22.4 Å². The zero-order valence-corrected chi connectivity index (χ0v) is 21.7. The summed E-state index contributed by atoms with van der Waals surface area (Å²) in [5.41, 5.74) is 6.38. The van der Waals surface area contributed by atoms with E-state index in [0.717, 1.165) is 49.6 Å². The maximum atomic E-state index is 9.76. The Kier molecular flexibility index (Phi) is 10.7. The summed E-state index contributed by atoms with van der Waals surface area (Å²) in [7, 11) is 2.20. The van der Waals surface area contributed by atoms with E-state index in [1.54, 1.807) is 0 Å². The summed E-state index contributed by atoms with van der Waals surface area (Å²) in [6.45, 7) is 9.21. The molecule has 6 heteroatoms. The SMILES string of the molecule is CC.CN1CCN(C2c3ccc(Cl)cc3CCc3cccnc32)CC1.O=COCc1ccccc1. The van der Waals surface area contributed by atoms with Crippen LogP contribution in [-0.2, 0) is 29.0 Å². The molecule has 5 nitrogen and oxygen atoms in total. The Morgan fingerprint density at radius 3 is 2.40 bits per heavy atom. The second-order valence-electron chi connectivity index (χ2n) is 8.53. The molecule has 35 heavy (non-hydrogen) atoms. The van der Waals surface area contributed by atoms with E-state index >= 15 is 0 Å². The zero-order valence-electron chi connectivity index (χ0n) is 21.0. The summed E-state index contributed by atoms with van der Waals surface area (Å²) >= 11 is 6.26. The lowest BCUT2D eigenvalue weighted by atomic mass is 9.96. The van der Waals surface area contributed by atoms with Crippen LogP contribution < -0.4 is 0 Å². The van der Waals surface area contributed by atoms with Crippen molar-refractivity contribution in [2.75, 3.05) is 33.2 Å². The van der Waals surface area contributed by atoms with Crippen LogP contribution in [0.4, 0.5) is 0 Å². The molecule has 186 valence electrons. The molecule has 1 unspecified atom stereocenters. The lowest BCUT2D eigenvalue weighted by molar-refractivity contribution is -0.129. The molecule has 2 aliphatic rings. The minimum Gasteiger partial charge on any atom is -0.463 e. The fourth-order valence-electron chi connectivity index (χ4n) is 4.54. The van der Waals surface area contributed by atoms with Crippen molar-refractivity contribution >= 4 is 18.1 Å². The van der Waals surface area contributed by atoms with Gasteiger partial charge in [-0.05, 0) is 60.3 Å². The number of rotatable bonds is 4. The van der Waals surface area contributed by atoms with Crippen molar-refractivity contribution in [3.05, 3.63) is 99.8 Å². The lowest BCUT2D eigenvalue weighted by Crippen LogP contribution is -2.46. The Bertz CT molecular complexity index is 1050. The Morgan fingerprint density at radius 2 is 1.69 bits per heavy atom. The number of pyridine rings is 1. The predicted molar refractivity (Wildman–Crippen MR) is 143 cm³/mol. The molecule has 0 bridgehead atoms. The lowest BCUT2D eigenvalue weighted by Gasteiger charge is -2.38. The van der Waals surface area contributed by atoms with Crippen LogP contribution in [0.2, 0.25) is 5.02 Å². The summed E-state index contributed by atoms with van der Waals surface area (Å²) in [4.78, 5) is 19.5. The first-order valence-corrected chi connectivity index (χ1v) is 12.8. The molecule has 0 spiro atoms. The number of halogens is 1. The summed E-state index contributed by atoms with van der Waals surface area (Å²) in [6, 6.07) is 20.5. The Labute approximate surface area is 214 Å². The minimum atomic E-state index is 0.259. The van der Waals surface area contributed by atoms with Crippen LogP contribution in [0.15, 0.2) is 66.9 Å². The van der Waals surface area contributed by atoms with Gasteiger partial charge >= 0.3 is 0 Å². The highest BCUT2D eigenvalue weighted by atomic mass is 35.5. The van der Waals surface area contributed by atoms with Gasteiger partial charge in [-0.25, -0.2) is 0 Å². The third-order valence-corrected chi connectivity index (χ3v) is 6.55. The third-order valence-electron chi connectivity index (χ3n) is 6.31. The molecule has 1 aliphatic carbocycles. The Hall–Kier alpha value is -2.73. The average Bonchev–Trinajstić information content (AvgIpc) is 3.07. The number of benzene rings is 2. The number of hydrogen-bond donors (Lipinski definition) is 0. The van der Waals surface area contributed by atoms with Crippen LogP contribution in [0.25, 0.3) is 0 Å². The molecule has 0 N–H and O–H groups in total. The van der Waals surface area contributed by atoms with Crippen molar-refractivity contribution in [2.24, 2.45) is 0 Å². The summed E-state index contributed by atoms with van der Waals surface area (Å²) < 4.78 is 4.54. The van der Waals surface area contributed by atoms with Crippen molar-refractivity contribution in [3.63, 3.8) is 0 Å². The number of piperazine rings is 1. The molecule has 1 saturated heterocycles. The third kappa shape index (κ3) is 7.38. The number of hydrogen-bond acceptors (Lipinski definition) is 5. The fourth-order valence-corrected chi connectivity index (χ4v) is 4.73. The van der Waals surface area contributed by atoms with Crippen molar-refractivity contribution < 1.29 is 9.53 Å². The van der Waals surface area contributed by atoms with Gasteiger partial charge in [0.25, 0.3) is 6.47 Å². The molecule has 2 aromatic carbocycles. The number of nitrogens with zero attached hydrogens (tertiary/aromatic N) is 3. The summed E-state index contributed by atoms with van der Waals surface area (Å²) in [6.07, 6.45) is 4.02. The van der Waals surface area contributed by atoms with E-state index in [2.05, 4.69) is 45.8 Å². The van der Waals surface area contributed by atoms with Gasteiger partial charge in [-0.1, -0.05) is 67.9 Å². The Balaban J connectivity index is 0.000000240. The number of fused-ring (bicyclic) bond motifs is 2. The number of likely N-dealkylation sites (N-methyl/N-ethyl adjacent to an activating group) is 1. The van der Waals surface area contributed by atoms with Crippen molar-refractivity contribution in [2.45, 2.75) is 39.3 Å². The zero-order chi connectivity index (χ0) is 25.0. The number of carbonyl (C=O) groups excluding carboxylic acids is 1. The topological polar surface area (TPSA) is 45.7 Å². The summed E-state index contributed by atoms with van der Waals surface area (Å²) in [5, 5.41) is 0.833. The standard InChI is InChI=1S/C19H22ClN3.C8H8O2.C2H6/c1-22-9-11-23(12-10-22)19-17-7-6-16(20)13-15(17)5-4-14-3-2-8-21-18(14)19;9-7-10-6-8-4-2-1-3-5-8;1-2/h2-3,6-8,13,19H,4-5,9-12H2,1H3;1-5,7H,6H2;1-2H3. The first-order valence-electron chi connectivity index (χ1n) is 12.4. The molecule has 1 fully saturated rings. The van der Waals surface area contributed by atoms with E-state index in [9.17, 15) is 4.79 Å². The van der Waals surface area contributed by atoms with Crippen LogP contribution in [0.1, 0.15) is 47.8 Å².